The predicted octanol–water partition coefficient (Wildman–Crippen LogP) is 5.79. The summed E-state index contributed by atoms with van der Waals surface area (Å²) in [6.45, 7) is 7.59. The Labute approximate surface area is 204 Å². The molecule has 0 aliphatic rings. The summed E-state index contributed by atoms with van der Waals surface area (Å²) in [7, 11) is 0. The van der Waals surface area contributed by atoms with Crippen LogP contribution in [0.5, 0.6) is 0 Å². The van der Waals surface area contributed by atoms with Gasteiger partial charge in [0.05, 0.1) is 23.9 Å². The van der Waals surface area contributed by atoms with Gasteiger partial charge in [-0.25, -0.2) is 9.78 Å². The molecule has 0 saturated heterocycles. The van der Waals surface area contributed by atoms with Crippen molar-refractivity contribution in [3.63, 3.8) is 0 Å². The number of esters is 1. The number of hydrogen-bond donors (Lipinski definition) is 1. The second-order valence-corrected chi connectivity index (χ2v) is 8.34. The van der Waals surface area contributed by atoms with Gasteiger partial charge in [-0.1, -0.05) is 11.6 Å². The zero-order chi connectivity index (χ0) is 26.2. The van der Waals surface area contributed by atoms with Crippen molar-refractivity contribution in [3.8, 4) is 5.82 Å². The third kappa shape index (κ3) is 4.79. The minimum atomic E-state index is -4.53. The lowest BCUT2D eigenvalue weighted by atomic mass is 10.0. The Morgan fingerprint density at radius 2 is 1.72 bits per heavy atom. The number of halogens is 3. The molecule has 7 nitrogen and oxygen atoms in total. The van der Waals surface area contributed by atoms with Crippen molar-refractivity contribution in [2.45, 2.75) is 33.9 Å². The second-order valence-electron chi connectivity index (χ2n) is 8.34. The van der Waals surface area contributed by atoms with Crippen LogP contribution in [0.15, 0.2) is 48.7 Å². The van der Waals surface area contributed by atoms with E-state index in [0.29, 0.717) is 5.82 Å². The Bertz CT molecular complexity index is 1470. The lowest BCUT2D eigenvalue weighted by Gasteiger charge is -2.14. The molecule has 0 spiro atoms. The molecule has 2 aromatic heterocycles. The first-order valence-electron chi connectivity index (χ1n) is 11.1. The topological polar surface area (TPSA) is 86.1 Å². The zero-order valence-corrected chi connectivity index (χ0v) is 20.0. The smallest absolute Gasteiger partial charge is 0.416 e. The number of hydrogen-bond acceptors (Lipinski definition) is 5. The summed E-state index contributed by atoms with van der Waals surface area (Å²) >= 11 is 0. The van der Waals surface area contributed by atoms with E-state index in [9.17, 15) is 22.8 Å². The van der Waals surface area contributed by atoms with Gasteiger partial charge in [-0.2, -0.15) is 23.0 Å². The SMILES string of the molecule is CCOC(=O)c1cnn(-c2cc(C)c3cc(C)cc(C)c3n2)c1NC(=O)c1ccc(C(F)(F)F)cc1. The van der Waals surface area contributed by atoms with Gasteiger partial charge in [-0.05, 0) is 75.2 Å². The van der Waals surface area contributed by atoms with E-state index in [-0.39, 0.29) is 23.6 Å². The molecule has 0 fully saturated rings. The highest BCUT2D eigenvalue weighted by Crippen LogP contribution is 2.30. The van der Waals surface area contributed by atoms with Crippen molar-refractivity contribution in [1.82, 2.24) is 14.8 Å². The summed E-state index contributed by atoms with van der Waals surface area (Å²) in [6, 6.07) is 9.56. The van der Waals surface area contributed by atoms with Crippen molar-refractivity contribution in [1.29, 1.82) is 0 Å². The number of benzene rings is 2. The average molecular weight is 496 g/mol. The summed E-state index contributed by atoms with van der Waals surface area (Å²) in [5.74, 6) is -1.09. The van der Waals surface area contributed by atoms with Gasteiger partial charge in [-0.3, -0.25) is 4.79 Å². The van der Waals surface area contributed by atoms with Crippen LogP contribution in [0.25, 0.3) is 16.7 Å². The Kier molecular flexibility index (Phi) is 6.53. The van der Waals surface area contributed by atoms with Crippen LogP contribution in [0.4, 0.5) is 19.0 Å². The first-order valence-corrected chi connectivity index (χ1v) is 11.1. The number of amides is 1. The second kappa shape index (κ2) is 9.44. The first kappa shape index (κ1) is 24.9. The predicted molar refractivity (Wildman–Crippen MR) is 128 cm³/mol. The normalized spacial score (nSPS) is 11.5. The number of nitrogens with one attached hydrogen (secondary N) is 1. The fourth-order valence-electron chi connectivity index (χ4n) is 3.93. The van der Waals surface area contributed by atoms with Crippen LogP contribution in [-0.4, -0.2) is 33.2 Å². The van der Waals surface area contributed by atoms with Gasteiger partial charge in [0.15, 0.2) is 11.6 Å². The van der Waals surface area contributed by atoms with Gasteiger partial charge in [0.1, 0.15) is 5.56 Å². The fourth-order valence-corrected chi connectivity index (χ4v) is 3.93. The largest absolute Gasteiger partial charge is 0.462 e. The Morgan fingerprint density at radius 3 is 2.36 bits per heavy atom. The number of pyridine rings is 1. The van der Waals surface area contributed by atoms with Gasteiger partial charge in [-0.15, -0.1) is 0 Å². The molecule has 0 atom stereocenters. The fraction of sp³-hybridized carbons (Fsp3) is 0.231. The van der Waals surface area contributed by atoms with Crippen LogP contribution in [0.2, 0.25) is 0 Å². The lowest BCUT2D eigenvalue weighted by molar-refractivity contribution is -0.137. The standard InChI is InChI=1S/C26H23F3N4O3/c1-5-36-25(35)20-13-30-33(21-12-15(3)19-11-14(2)10-16(4)22(19)31-21)23(20)32-24(34)17-6-8-18(9-7-17)26(27,28)29/h6-13H,5H2,1-4H3,(H,32,34). The number of carbonyl (C=O) groups is 2. The minimum Gasteiger partial charge on any atom is -0.462 e. The van der Waals surface area contributed by atoms with Crippen LogP contribution < -0.4 is 5.32 Å². The highest BCUT2D eigenvalue weighted by molar-refractivity contribution is 6.07. The zero-order valence-electron chi connectivity index (χ0n) is 20.0. The summed E-state index contributed by atoms with van der Waals surface area (Å²) in [5, 5.41) is 7.83. The molecule has 4 rings (SSSR count). The Morgan fingerprint density at radius 1 is 1.03 bits per heavy atom. The number of carbonyl (C=O) groups excluding carboxylic acids is 2. The van der Waals surface area contributed by atoms with E-state index in [1.54, 1.807) is 13.0 Å². The van der Waals surface area contributed by atoms with E-state index in [2.05, 4.69) is 10.4 Å². The van der Waals surface area contributed by atoms with E-state index < -0.39 is 23.6 Å². The number of fused-ring (bicyclic) bond motifs is 1. The van der Waals surface area contributed by atoms with Crippen LogP contribution in [0.1, 0.15) is 49.9 Å². The van der Waals surface area contributed by atoms with Crippen LogP contribution in [0.3, 0.4) is 0 Å². The van der Waals surface area contributed by atoms with Crippen LogP contribution >= 0.6 is 0 Å². The molecule has 1 amide bonds. The summed E-state index contributed by atoms with van der Waals surface area (Å²) in [4.78, 5) is 30.3. The molecule has 0 aliphatic heterocycles. The molecule has 0 bridgehead atoms. The van der Waals surface area contributed by atoms with Crippen molar-refractivity contribution < 1.29 is 27.5 Å². The van der Waals surface area contributed by atoms with Gasteiger partial charge < -0.3 is 10.1 Å². The van der Waals surface area contributed by atoms with Crippen molar-refractivity contribution in [2.24, 2.45) is 0 Å². The number of aryl methyl sites for hydroxylation is 3. The number of rotatable bonds is 5. The minimum absolute atomic E-state index is 0.00522. The van der Waals surface area contributed by atoms with Gasteiger partial charge >= 0.3 is 12.1 Å². The van der Waals surface area contributed by atoms with Crippen molar-refractivity contribution >= 4 is 28.6 Å². The Balaban J connectivity index is 1.79. The van der Waals surface area contributed by atoms with Gasteiger partial charge in [0, 0.05) is 10.9 Å². The molecule has 1 N–H and O–H groups in total. The monoisotopic (exact) mass is 496 g/mol. The maximum absolute atomic E-state index is 13.0. The van der Waals surface area contributed by atoms with Crippen molar-refractivity contribution in [3.05, 3.63) is 82.0 Å². The average Bonchev–Trinajstić information content (AvgIpc) is 3.23. The van der Waals surface area contributed by atoms with Gasteiger partial charge in [0.2, 0.25) is 0 Å². The number of nitrogens with zero attached hydrogens (tertiary/aromatic N) is 3. The quantitative estimate of drug-likeness (QED) is 0.353. The van der Waals surface area contributed by atoms with Crippen LogP contribution in [-0.2, 0) is 10.9 Å². The summed E-state index contributed by atoms with van der Waals surface area (Å²) in [5.41, 5.74) is 2.77. The lowest BCUT2D eigenvalue weighted by Crippen LogP contribution is -2.19. The maximum atomic E-state index is 13.0. The van der Waals surface area contributed by atoms with E-state index >= 15 is 0 Å². The number of ether oxygens (including phenoxy) is 1. The van der Waals surface area contributed by atoms with E-state index in [1.165, 1.54) is 10.9 Å². The summed E-state index contributed by atoms with van der Waals surface area (Å²) in [6.07, 6.45) is -3.27. The van der Waals surface area contributed by atoms with E-state index in [0.717, 1.165) is 51.9 Å². The number of alkyl halides is 3. The van der Waals surface area contributed by atoms with E-state index in [4.69, 9.17) is 9.72 Å². The third-order valence-electron chi connectivity index (χ3n) is 5.63. The maximum Gasteiger partial charge on any atom is 0.416 e. The molecule has 36 heavy (non-hydrogen) atoms. The van der Waals surface area contributed by atoms with Crippen molar-refractivity contribution in [2.75, 3.05) is 11.9 Å². The highest BCUT2D eigenvalue weighted by atomic mass is 19.4. The molecule has 186 valence electrons. The van der Waals surface area contributed by atoms with Gasteiger partial charge in [0.25, 0.3) is 5.91 Å². The summed E-state index contributed by atoms with van der Waals surface area (Å²) < 4.78 is 45.1. The molecule has 0 radical (unpaired) electrons. The Hall–Kier alpha value is -4.21. The molecule has 0 aliphatic carbocycles. The molecular formula is C26H23F3N4O3. The van der Waals surface area contributed by atoms with Crippen LogP contribution in [0, 0.1) is 20.8 Å². The third-order valence-corrected chi connectivity index (χ3v) is 5.63. The number of anilines is 1. The molecule has 4 aromatic rings. The molecule has 2 aromatic carbocycles. The molecule has 0 unspecified atom stereocenters. The molecular weight excluding hydrogens is 473 g/mol. The molecule has 2 heterocycles. The highest BCUT2D eigenvalue weighted by Gasteiger charge is 2.30. The number of aromatic nitrogens is 3. The first-order chi connectivity index (χ1) is 17.0. The van der Waals surface area contributed by atoms with E-state index in [1.807, 2.05) is 32.9 Å². The molecule has 10 heteroatoms. The molecule has 0 saturated carbocycles.